The van der Waals surface area contributed by atoms with Crippen LogP contribution >= 0.6 is 0 Å². The third-order valence-corrected chi connectivity index (χ3v) is 1.93. The Hall–Kier alpha value is -1.30. The first-order valence-electron chi connectivity index (χ1n) is 4.43. The largest absolute Gasteiger partial charge is 0.416 e. The zero-order valence-electron chi connectivity index (χ0n) is 7.92. The van der Waals surface area contributed by atoms with E-state index in [0.29, 0.717) is 25.6 Å². The first kappa shape index (κ1) is 11.8. The molecule has 0 aromatic carbocycles. The number of pyridine rings is 1. The van der Waals surface area contributed by atoms with E-state index in [1.807, 2.05) is 0 Å². The van der Waals surface area contributed by atoms with Crippen LogP contribution in [0.4, 0.5) is 13.2 Å². The summed E-state index contributed by atoms with van der Waals surface area (Å²) < 4.78 is 37.8. The van der Waals surface area contributed by atoms with E-state index in [-0.39, 0.29) is 0 Å². The third kappa shape index (κ3) is 3.09. The van der Waals surface area contributed by atoms with Crippen molar-refractivity contribution in [3.8, 4) is 0 Å². The zero-order valence-corrected chi connectivity index (χ0v) is 7.92. The van der Waals surface area contributed by atoms with Crippen LogP contribution in [0.1, 0.15) is 12.0 Å². The molecule has 84 valence electrons. The Morgan fingerprint density at radius 3 is 2.53 bits per heavy atom. The SMILES string of the molecule is NCCCn1ccc(C(F)(F)F)cc1=O. The van der Waals surface area contributed by atoms with E-state index in [1.165, 1.54) is 4.57 Å². The number of nitrogens with two attached hydrogens (primary N) is 1. The number of rotatable bonds is 3. The van der Waals surface area contributed by atoms with Crippen LogP contribution in [0, 0.1) is 0 Å². The maximum atomic E-state index is 12.2. The van der Waals surface area contributed by atoms with Crippen LogP contribution < -0.4 is 11.3 Å². The second-order valence-corrected chi connectivity index (χ2v) is 3.09. The quantitative estimate of drug-likeness (QED) is 0.832. The van der Waals surface area contributed by atoms with Gasteiger partial charge in [-0.1, -0.05) is 0 Å². The number of nitrogens with zero attached hydrogens (tertiary/aromatic N) is 1. The normalized spacial score (nSPS) is 11.7. The predicted octanol–water partition coefficient (Wildman–Crippen LogP) is 1.22. The minimum absolute atomic E-state index is 0.341. The number of hydrogen-bond acceptors (Lipinski definition) is 2. The van der Waals surface area contributed by atoms with Gasteiger partial charge in [-0.25, -0.2) is 0 Å². The van der Waals surface area contributed by atoms with Crippen LogP contribution in [0.5, 0.6) is 0 Å². The van der Waals surface area contributed by atoms with Gasteiger partial charge in [0.2, 0.25) is 0 Å². The maximum absolute atomic E-state index is 12.2. The Labute approximate surface area is 84.3 Å². The third-order valence-electron chi connectivity index (χ3n) is 1.93. The van der Waals surface area contributed by atoms with Gasteiger partial charge in [0.05, 0.1) is 5.56 Å². The average Bonchev–Trinajstić information content (AvgIpc) is 2.14. The summed E-state index contributed by atoms with van der Waals surface area (Å²) in [7, 11) is 0. The number of hydrogen-bond donors (Lipinski definition) is 1. The molecule has 1 rings (SSSR count). The minimum atomic E-state index is -4.47. The van der Waals surface area contributed by atoms with E-state index in [0.717, 1.165) is 12.3 Å². The molecule has 0 amide bonds. The van der Waals surface area contributed by atoms with Gasteiger partial charge in [0, 0.05) is 18.8 Å². The number of aryl methyl sites for hydroxylation is 1. The number of alkyl halides is 3. The summed E-state index contributed by atoms with van der Waals surface area (Å²) in [5.74, 6) is 0. The lowest BCUT2D eigenvalue weighted by Crippen LogP contribution is -2.22. The van der Waals surface area contributed by atoms with Crippen molar-refractivity contribution in [3.63, 3.8) is 0 Å². The molecular weight excluding hydrogens is 209 g/mol. The minimum Gasteiger partial charge on any atom is -0.330 e. The van der Waals surface area contributed by atoms with Gasteiger partial charge in [0.15, 0.2) is 0 Å². The summed E-state index contributed by atoms with van der Waals surface area (Å²) in [4.78, 5) is 11.2. The zero-order chi connectivity index (χ0) is 11.5. The van der Waals surface area contributed by atoms with Crippen molar-refractivity contribution < 1.29 is 13.2 Å². The van der Waals surface area contributed by atoms with Crippen molar-refractivity contribution in [1.82, 2.24) is 4.57 Å². The summed E-state index contributed by atoms with van der Waals surface area (Å²) in [5.41, 5.74) is 3.66. The molecule has 0 bridgehead atoms. The topological polar surface area (TPSA) is 48.0 Å². The maximum Gasteiger partial charge on any atom is 0.416 e. The molecule has 0 saturated carbocycles. The second kappa shape index (κ2) is 4.48. The van der Waals surface area contributed by atoms with Crippen molar-refractivity contribution in [2.45, 2.75) is 19.1 Å². The summed E-state index contributed by atoms with van der Waals surface area (Å²) in [5, 5.41) is 0. The van der Waals surface area contributed by atoms with E-state index in [4.69, 9.17) is 5.73 Å². The molecule has 0 atom stereocenters. The van der Waals surface area contributed by atoms with Gasteiger partial charge >= 0.3 is 6.18 Å². The molecule has 0 saturated heterocycles. The lowest BCUT2D eigenvalue weighted by atomic mass is 10.2. The fourth-order valence-corrected chi connectivity index (χ4v) is 1.13. The molecule has 0 aliphatic carbocycles. The first-order valence-corrected chi connectivity index (χ1v) is 4.43. The smallest absolute Gasteiger partial charge is 0.330 e. The van der Waals surface area contributed by atoms with E-state index >= 15 is 0 Å². The van der Waals surface area contributed by atoms with Crippen LogP contribution in [0.3, 0.4) is 0 Å². The Kier molecular flexibility index (Phi) is 3.52. The highest BCUT2D eigenvalue weighted by molar-refractivity contribution is 5.14. The average molecular weight is 220 g/mol. The van der Waals surface area contributed by atoms with Gasteiger partial charge < -0.3 is 10.3 Å². The lowest BCUT2D eigenvalue weighted by molar-refractivity contribution is -0.137. The van der Waals surface area contributed by atoms with Gasteiger partial charge in [-0.3, -0.25) is 4.79 Å². The molecule has 1 aromatic rings. The van der Waals surface area contributed by atoms with Gasteiger partial charge in [0.25, 0.3) is 5.56 Å². The van der Waals surface area contributed by atoms with E-state index in [1.54, 1.807) is 0 Å². The van der Waals surface area contributed by atoms with Crippen molar-refractivity contribution in [2.75, 3.05) is 6.54 Å². The van der Waals surface area contributed by atoms with Crippen molar-refractivity contribution in [1.29, 1.82) is 0 Å². The Balaban J connectivity index is 2.94. The fourth-order valence-electron chi connectivity index (χ4n) is 1.13. The molecule has 3 nitrogen and oxygen atoms in total. The molecule has 0 aliphatic heterocycles. The first-order chi connectivity index (χ1) is 6.95. The summed E-state index contributed by atoms with van der Waals surface area (Å²) >= 11 is 0. The molecule has 0 spiro atoms. The Morgan fingerprint density at radius 1 is 1.40 bits per heavy atom. The van der Waals surface area contributed by atoms with Crippen molar-refractivity contribution >= 4 is 0 Å². The van der Waals surface area contributed by atoms with Gasteiger partial charge in [-0.2, -0.15) is 13.2 Å². The standard InChI is InChI=1S/C9H11F3N2O/c10-9(11,12)7-2-5-14(4-1-3-13)8(15)6-7/h2,5-6H,1,3-4,13H2. The monoisotopic (exact) mass is 220 g/mol. The number of aromatic nitrogens is 1. The van der Waals surface area contributed by atoms with Crippen molar-refractivity contribution in [2.24, 2.45) is 5.73 Å². The van der Waals surface area contributed by atoms with Crippen molar-refractivity contribution in [3.05, 3.63) is 34.2 Å². The van der Waals surface area contributed by atoms with E-state index in [9.17, 15) is 18.0 Å². The van der Waals surface area contributed by atoms with Crippen LogP contribution in [0.15, 0.2) is 23.1 Å². The van der Waals surface area contributed by atoms with Crippen LogP contribution in [0.25, 0.3) is 0 Å². The summed E-state index contributed by atoms with van der Waals surface area (Å²) in [6, 6.07) is 1.48. The van der Waals surface area contributed by atoms with Gasteiger partial charge in [-0.15, -0.1) is 0 Å². The predicted molar refractivity (Wildman–Crippen MR) is 49.4 cm³/mol. The molecular formula is C9H11F3N2O. The van der Waals surface area contributed by atoms with Gasteiger partial charge in [-0.05, 0) is 19.0 Å². The molecule has 6 heteroatoms. The molecule has 0 radical (unpaired) electrons. The molecule has 15 heavy (non-hydrogen) atoms. The second-order valence-electron chi connectivity index (χ2n) is 3.09. The molecule has 0 fully saturated rings. The summed E-state index contributed by atoms with van der Waals surface area (Å²) in [6.45, 7) is 0.737. The van der Waals surface area contributed by atoms with E-state index in [2.05, 4.69) is 0 Å². The van der Waals surface area contributed by atoms with Gasteiger partial charge in [0.1, 0.15) is 0 Å². The molecule has 0 aliphatic rings. The molecule has 0 unspecified atom stereocenters. The Morgan fingerprint density at radius 2 is 2.07 bits per heavy atom. The highest BCUT2D eigenvalue weighted by Gasteiger charge is 2.30. The van der Waals surface area contributed by atoms with Crippen LogP contribution in [-0.2, 0) is 12.7 Å². The molecule has 1 aromatic heterocycles. The molecule has 1 heterocycles. The van der Waals surface area contributed by atoms with Crippen LogP contribution in [0.2, 0.25) is 0 Å². The highest BCUT2D eigenvalue weighted by Crippen LogP contribution is 2.27. The fraction of sp³-hybridized carbons (Fsp3) is 0.444. The lowest BCUT2D eigenvalue weighted by Gasteiger charge is -2.08. The van der Waals surface area contributed by atoms with E-state index < -0.39 is 17.3 Å². The highest BCUT2D eigenvalue weighted by atomic mass is 19.4. The number of halogens is 3. The summed E-state index contributed by atoms with van der Waals surface area (Å²) in [6.07, 6.45) is -2.77. The Bertz CT molecular complexity index is 384. The molecule has 2 N–H and O–H groups in total. The van der Waals surface area contributed by atoms with Crippen LogP contribution in [-0.4, -0.2) is 11.1 Å².